The minimum Gasteiger partial charge on any atom is -0.493 e. The fourth-order valence-corrected chi connectivity index (χ4v) is 4.10. The second-order valence-corrected chi connectivity index (χ2v) is 7.66. The lowest BCUT2D eigenvalue weighted by Crippen LogP contribution is -2.37. The quantitative estimate of drug-likeness (QED) is 0.834. The first-order chi connectivity index (χ1) is 14.2. The third-order valence-corrected chi connectivity index (χ3v) is 5.81. The Labute approximate surface area is 171 Å². The predicted octanol–water partition coefficient (Wildman–Crippen LogP) is 2.09. The van der Waals surface area contributed by atoms with Crippen molar-refractivity contribution in [3.63, 3.8) is 0 Å². The van der Waals surface area contributed by atoms with Crippen LogP contribution in [-0.4, -0.2) is 54.6 Å². The standard InChI is InChI=1S/C22H28N4O3/c1-28-19-4-3-15(11-20(19)29-2)12-21(27)26-10-7-18-17(14-26)13-24-22(25-18)16-5-8-23-9-6-16/h3-4,11,13,16,23H,5-10,12,14H2,1-2H3. The van der Waals surface area contributed by atoms with Crippen molar-refractivity contribution in [1.82, 2.24) is 20.2 Å². The van der Waals surface area contributed by atoms with Gasteiger partial charge in [-0.25, -0.2) is 9.97 Å². The molecule has 4 rings (SSSR count). The Kier molecular flexibility index (Phi) is 5.94. The monoisotopic (exact) mass is 396 g/mol. The van der Waals surface area contributed by atoms with Gasteiger partial charge in [-0.15, -0.1) is 0 Å². The number of methoxy groups -OCH3 is 2. The third kappa shape index (κ3) is 4.34. The molecule has 3 heterocycles. The van der Waals surface area contributed by atoms with Gasteiger partial charge in [-0.2, -0.15) is 0 Å². The van der Waals surface area contributed by atoms with E-state index in [0.29, 0.717) is 36.9 Å². The van der Waals surface area contributed by atoms with Gasteiger partial charge in [0.15, 0.2) is 11.5 Å². The summed E-state index contributed by atoms with van der Waals surface area (Å²) in [6.45, 7) is 3.34. The fourth-order valence-electron chi connectivity index (χ4n) is 4.10. The first-order valence-corrected chi connectivity index (χ1v) is 10.2. The number of piperidine rings is 1. The van der Waals surface area contributed by atoms with E-state index in [2.05, 4.69) is 10.3 Å². The number of nitrogens with one attached hydrogen (secondary N) is 1. The number of hydrogen-bond donors (Lipinski definition) is 1. The lowest BCUT2D eigenvalue weighted by Gasteiger charge is -2.29. The average Bonchev–Trinajstić information content (AvgIpc) is 2.78. The molecule has 154 valence electrons. The van der Waals surface area contributed by atoms with Gasteiger partial charge < -0.3 is 19.7 Å². The molecule has 0 radical (unpaired) electrons. The molecular formula is C22H28N4O3. The second-order valence-electron chi connectivity index (χ2n) is 7.66. The molecule has 0 saturated carbocycles. The van der Waals surface area contributed by atoms with Crippen molar-refractivity contribution < 1.29 is 14.3 Å². The van der Waals surface area contributed by atoms with Crippen molar-refractivity contribution in [2.24, 2.45) is 0 Å². The van der Waals surface area contributed by atoms with E-state index in [1.165, 1.54) is 0 Å². The molecular weight excluding hydrogens is 368 g/mol. The van der Waals surface area contributed by atoms with E-state index in [1.807, 2.05) is 29.3 Å². The molecule has 0 spiro atoms. The van der Waals surface area contributed by atoms with Crippen LogP contribution in [0.1, 0.15) is 41.4 Å². The van der Waals surface area contributed by atoms with Gasteiger partial charge in [0, 0.05) is 37.2 Å². The molecule has 0 bridgehead atoms. The normalized spacial score (nSPS) is 17.0. The lowest BCUT2D eigenvalue weighted by molar-refractivity contribution is -0.131. The third-order valence-electron chi connectivity index (χ3n) is 5.81. The Morgan fingerprint density at radius 2 is 2.00 bits per heavy atom. The van der Waals surface area contributed by atoms with Crippen molar-refractivity contribution >= 4 is 5.91 Å². The number of benzene rings is 1. The summed E-state index contributed by atoms with van der Waals surface area (Å²) in [5.41, 5.74) is 3.08. The minimum atomic E-state index is 0.102. The molecule has 1 aromatic carbocycles. The predicted molar refractivity (Wildman–Crippen MR) is 109 cm³/mol. The molecule has 1 aromatic heterocycles. The minimum absolute atomic E-state index is 0.102. The molecule has 2 aliphatic heterocycles. The van der Waals surface area contributed by atoms with Crippen LogP contribution in [0.4, 0.5) is 0 Å². The molecule has 1 N–H and O–H groups in total. The maximum Gasteiger partial charge on any atom is 0.227 e. The summed E-state index contributed by atoms with van der Waals surface area (Å²) in [5.74, 6) is 2.82. The Balaban J connectivity index is 1.42. The second kappa shape index (κ2) is 8.78. The number of aromatic nitrogens is 2. The van der Waals surface area contributed by atoms with Gasteiger partial charge in [0.1, 0.15) is 5.82 Å². The van der Waals surface area contributed by atoms with Gasteiger partial charge in [0.25, 0.3) is 0 Å². The van der Waals surface area contributed by atoms with Crippen LogP contribution in [-0.2, 0) is 24.2 Å². The highest BCUT2D eigenvalue weighted by molar-refractivity contribution is 5.79. The molecule has 1 saturated heterocycles. The first kappa shape index (κ1) is 19.6. The number of ether oxygens (including phenoxy) is 2. The largest absolute Gasteiger partial charge is 0.493 e. The molecule has 7 nitrogen and oxygen atoms in total. The van der Waals surface area contributed by atoms with Crippen molar-refractivity contribution in [2.45, 2.75) is 38.1 Å². The van der Waals surface area contributed by atoms with E-state index < -0.39 is 0 Å². The molecule has 0 atom stereocenters. The van der Waals surface area contributed by atoms with Gasteiger partial charge in [-0.1, -0.05) is 6.07 Å². The van der Waals surface area contributed by atoms with Crippen LogP contribution < -0.4 is 14.8 Å². The van der Waals surface area contributed by atoms with Crippen molar-refractivity contribution in [1.29, 1.82) is 0 Å². The SMILES string of the molecule is COc1ccc(CC(=O)N2CCc3nc(C4CCNCC4)ncc3C2)cc1OC. The zero-order valence-corrected chi connectivity index (χ0v) is 17.1. The molecule has 2 aromatic rings. The maximum atomic E-state index is 12.9. The van der Waals surface area contributed by atoms with E-state index in [-0.39, 0.29) is 5.91 Å². The maximum absolute atomic E-state index is 12.9. The van der Waals surface area contributed by atoms with Crippen LogP contribution in [0.25, 0.3) is 0 Å². The van der Waals surface area contributed by atoms with E-state index in [1.54, 1.807) is 14.2 Å². The highest BCUT2D eigenvalue weighted by Crippen LogP contribution is 2.28. The van der Waals surface area contributed by atoms with Gasteiger partial charge in [-0.3, -0.25) is 4.79 Å². The molecule has 2 aliphatic rings. The fraction of sp³-hybridized carbons (Fsp3) is 0.500. The highest BCUT2D eigenvalue weighted by atomic mass is 16.5. The number of carbonyl (C=O) groups is 1. The molecule has 29 heavy (non-hydrogen) atoms. The summed E-state index contributed by atoms with van der Waals surface area (Å²) in [5, 5.41) is 3.38. The molecule has 0 aliphatic carbocycles. The van der Waals surface area contributed by atoms with Gasteiger partial charge in [0.05, 0.1) is 26.3 Å². The number of rotatable bonds is 5. The zero-order chi connectivity index (χ0) is 20.2. The summed E-state index contributed by atoms with van der Waals surface area (Å²) in [6.07, 6.45) is 5.23. The Morgan fingerprint density at radius 3 is 2.76 bits per heavy atom. The summed E-state index contributed by atoms with van der Waals surface area (Å²) in [7, 11) is 3.20. The number of hydrogen-bond acceptors (Lipinski definition) is 6. The zero-order valence-electron chi connectivity index (χ0n) is 17.1. The van der Waals surface area contributed by atoms with Crippen molar-refractivity contribution in [3.8, 4) is 11.5 Å². The number of amides is 1. The molecule has 0 unspecified atom stereocenters. The van der Waals surface area contributed by atoms with E-state index in [4.69, 9.17) is 14.5 Å². The number of carbonyl (C=O) groups excluding carboxylic acids is 1. The summed E-state index contributed by atoms with van der Waals surface area (Å²) in [6, 6.07) is 5.61. The summed E-state index contributed by atoms with van der Waals surface area (Å²) in [4.78, 5) is 24.2. The molecule has 7 heteroatoms. The number of fused-ring (bicyclic) bond motifs is 1. The van der Waals surface area contributed by atoms with Gasteiger partial charge in [-0.05, 0) is 43.6 Å². The lowest BCUT2D eigenvalue weighted by atomic mass is 9.96. The van der Waals surface area contributed by atoms with Crippen molar-refractivity contribution in [2.75, 3.05) is 33.9 Å². The average molecular weight is 396 g/mol. The van der Waals surface area contributed by atoms with E-state index in [9.17, 15) is 4.79 Å². The first-order valence-electron chi connectivity index (χ1n) is 10.2. The summed E-state index contributed by atoms with van der Waals surface area (Å²) >= 11 is 0. The van der Waals surface area contributed by atoms with Crippen LogP contribution in [0.15, 0.2) is 24.4 Å². The Bertz CT molecular complexity index is 880. The number of nitrogens with zero attached hydrogens (tertiary/aromatic N) is 3. The molecule has 1 fully saturated rings. The van der Waals surface area contributed by atoms with E-state index >= 15 is 0 Å². The van der Waals surface area contributed by atoms with E-state index in [0.717, 1.165) is 55.0 Å². The van der Waals surface area contributed by atoms with Crippen LogP contribution in [0.2, 0.25) is 0 Å². The molecule has 1 amide bonds. The van der Waals surface area contributed by atoms with Gasteiger partial charge >= 0.3 is 0 Å². The van der Waals surface area contributed by atoms with Crippen LogP contribution in [0.3, 0.4) is 0 Å². The highest BCUT2D eigenvalue weighted by Gasteiger charge is 2.25. The van der Waals surface area contributed by atoms with Crippen molar-refractivity contribution in [3.05, 3.63) is 47.0 Å². The van der Waals surface area contributed by atoms with Crippen LogP contribution in [0.5, 0.6) is 11.5 Å². The smallest absolute Gasteiger partial charge is 0.227 e. The van der Waals surface area contributed by atoms with Gasteiger partial charge in [0.2, 0.25) is 5.91 Å². The Morgan fingerprint density at radius 1 is 1.21 bits per heavy atom. The van der Waals surface area contributed by atoms with Crippen LogP contribution >= 0.6 is 0 Å². The topological polar surface area (TPSA) is 76.6 Å². The summed E-state index contributed by atoms with van der Waals surface area (Å²) < 4.78 is 10.6. The Hall–Kier alpha value is -2.67. The van der Waals surface area contributed by atoms with Crippen LogP contribution in [0, 0.1) is 0 Å².